The lowest BCUT2D eigenvalue weighted by molar-refractivity contribution is 0.0474. The predicted molar refractivity (Wildman–Crippen MR) is 112 cm³/mol. The fraction of sp³-hybridized carbons (Fsp3) is 0.650. The second-order valence-corrected chi connectivity index (χ2v) is 8.46. The number of alkyl carbamates (subject to hydrolysis) is 1. The molecule has 0 bridgehead atoms. The molecule has 8 heteroatoms. The van der Waals surface area contributed by atoms with E-state index in [1.165, 1.54) is 0 Å². The van der Waals surface area contributed by atoms with Crippen LogP contribution in [0, 0.1) is 0 Å². The van der Waals surface area contributed by atoms with Gasteiger partial charge in [0.1, 0.15) is 5.60 Å². The number of amides is 1. The van der Waals surface area contributed by atoms with E-state index in [0.717, 1.165) is 5.56 Å². The highest BCUT2D eigenvalue weighted by atomic mass is 16.6. The molecule has 0 radical (unpaired) electrons. The smallest absolute Gasteiger partial charge is 0.408 e. The van der Waals surface area contributed by atoms with Crippen LogP contribution in [-0.4, -0.2) is 47.9 Å². The number of carbonyl (C=O) groups is 1. The maximum absolute atomic E-state index is 12.0. The Morgan fingerprint density at radius 3 is 2.36 bits per heavy atom. The first-order chi connectivity index (χ1) is 12.9. The van der Waals surface area contributed by atoms with Gasteiger partial charge in [-0.25, -0.2) is 9.78 Å². The van der Waals surface area contributed by atoms with Crippen molar-refractivity contribution in [2.24, 2.45) is 4.99 Å². The number of rotatable bonds is 7. The van der Waals surface area contributed by atoms with Gasteiger partial charge in [-0.1, -0.05) is 6.07 Å². The first-order valence-corrected chi connectivity index (χ1v) is 9.47. The molecule has 8 nitrogen and oxygen atoms in total. The number of nitrogens with one attached hydrogen (secondary N) is 3. The Hall–Kier alpha value is -2.51. The van der Waals surface area contributed by atoms with Crippen molar-refractivity contribution in [1.82, 2.24) is 20.9 Å². The number of hydrogen-bond donors (Lipinski definition) is 3. The van der Waals surface area contributed by atoms with Crippen molar-refractivity contribution in [3.05, 3.63) is 23.9 Å². The van der Waals surface area contributed by atoms with Gasteiger partial charge in [0.25, 0.3) is 0 Å². The first-order valence-electron chi connectivity index (χ1n) is 9.47. The van der Waals surface area contributed by atoms with E-state index in [1.54, 1.807) is 13.2 Å². The molecule has 0 fully saturated rings. The van der Waals surface area contributed by atoms with Crippen LogP contribution in [0.15, 0.2) is 23.3 Å². The van der Waals surface area contributed by atoms with Gasteiger partial charge in [-0.3, -0.25) is 4.99 Å². The van der Waals surface area contributed by atoms with Gasteiger partial charge in [0.05, 0.1) is 11.6 Å². The number of pyridine rings is 1. The molecular formula is C20H35N5O3. The highest BCUT2D eigenvalue weighted by molar-refractivity contribution is 5.79. The molecule has 0 saturated carbocycles. The zero-order valence-electron chi connectivity index (χ0n) is 18.3. The Morgan fingerprint density at radius 2 is 1.86 bits per heavy atom. The third kappa shape index (κ3) is 9.99. The normalized spacial score (nSPS) is 12.5. The SMILES string of the molecule is CN=C(NCc1ccc(OC(C)C)nc1)NCC(C)(C)NC(=O)OC(C)(C)C. The van der Waals surface area contributed by atoms with E-state index in [-0.39, 0.29) is 6.10 Å². The number of aromatic nitrogens is 1. The summed E-state index contributed by atoms with van der Waals surface area (Å²) in [6.07, 6.45) is 1.42. The zero-order valence-corrected chi connectivity index (χ0v) is 18.3. The maximum Gasteiger partial charge on any atom is 0.408 e. The molecule has 0 aromatic carbocycles. The summed E-state index contributed by atoms with van der Waals surface area (Å²) in [6, 6.07) is 3.81. The largest absolute Gasteiger partial charge is 0.475 e. The minimum atomic E-state index is -0.533. The third-order valence-corrected chi connectivity index (χ3v) is 3.37. The van der Waals surface area contributed by atoms with Gasteiger partial charge >= 0.3 is 6.09 Å². The van der Waals surface area contributed by atoms with Crippen LogP contribution in [0.1, 0.15) is 54.0 Å². The Kier molecular flexibility index (Phi) is 8.53. The van der Waals surface area contributed by atoms with E-state index in [0.29, 0.717) is 24.9 Å². The first kappa shape index (κ1) is 23.5. The van der Waals surface area contributed by atoms with E-state index < -0.39 is 17.2 Å². The molecule has 0 spiro atoms. The molecule has 1 aromatic rings. The lowest BCUT2D eigenvalue weighted by Crippen LogP contribution is -2.54. The van der Waals surface area contributed by atoms with Crippen LogP contribution >= 0.6 is 0 Å². The summed E-state index contributed by atoms with van der Waals surface area (Å²) >= 11 is 0. The van der Waals surface area contributed by atoms with Gasteiger partial charge in [0.15, 0.2) is 5.96 Å². The summed E-state index contributed by atoms with van der Waals surface area (Å²) in [5.41, 5.74) is -0.0445. The van der Waals surface area contributed by atoms with Crippen LogP contribution < -0.4 is 20.7 Å². The van der Waals surface area contributed by atoms with Gasteiger partial charge in [-0.2, -0.15) is 0 Å². The fourth-order valence-corrected chi connectivity index (χ4v) is 2.16. The van der Waals surface area contributed by atoms with Crippen molar-refractivity contribution in [1.29, 1.82) is 0 Å². The summed E-state index contributed by atoms with van der Waals surface area (Å²) in [5, 5.41) is 9.29. The number of ether oxygens (including phenoxy) is 2. The van der Waals surface area contributed by atoms with E-state index in [1.807, 2.05) is 60.6 Å². The summed E-state index contributed by atoms with van der Waals surface area (Å²) in [7, 11) is 1.70. The molecule has 158 valence electrons. The molecule has 3 N–H and O–H groups in total. The molecule has 0 atom stereocenters. The van der Waals surface area contributed by atoms with Gasteiger partial charge in [-0.05, 0) is 54.0 Å². The topological polar surface area (TPSA) is 96.9 Å². The molecule has 1 aromatic heterocycles. The number of hydrogen-bond acceptors (Lipinski definition) is 5. The maximum atomic E-state index is 12.0. The average molecular weight is 394 g/mol. The van der Waals surface area contributed by atoms with Gasteiger partial charge in [0.2, 0.25) is 5.88 Å². The molecule has 0 unspecified atom stereocenters. The standard InChI is InChI=1S/C20H35N5O3/c1-14(2)27-16-10-9-15(11-22-16)12-23-17(21-8)24-13-20(6,7)25-18(26)28-19(3,4)5/h9-11,14H,12-13H2,1-8H3,(H,25,26)(H2,21,23,24). The van der Waals surface area contributed by atoms with Gasteiger partial charge < -0.3 is 25.4 Å². The summed E-state index contributed by atoms with van der Waals surface area (Å²) in [5.74, 6) is 1.23. The highest BCUT2D eigenvalue weighted by Gasteiger charge is 2.24. The van der Waals surface area contributed by atoms with Crippen LogP contribution in [0.5, 0.6) is 5.88 Å². The van der Waals surface area contributed by atoms with Crippen molar-refractivity contribution >= 4 is 12.1 Å². The Balaban J connectivity index is 2.48. The van der Waals surface area contributed by atoms with Crippen LogP contribution in [0.4, 0.5) is 4.79 Å². The van der Waals surface area contributed by atoms with Gasteiger partial charge in [-0.15, -0.1) is 0 Å². The van der Waals surface area contributed by atoms with E-state index in [4.69, 9.17) is 9.47 Å². The third-order valence-electron chi connectivity index (χ3n) is 3.37. The number of guanidine groups is 1. The van der Waals surface area contributed by atoms with Crippen LogP contribution in [0.2, 0.25) is 0 Å². The number of nitrogens with zero attached hydrogens (tertiary/aromatic N) is 2. The Morgan fingerprint density at radius 1 is 1.18 bits per heavy atom. The molecule has 0 saturated heterocycles. The predicted octanol–water partition coefficient (Wildman–Crippen LogP) is 2.84. The Bertz CT molecular complexity index is 649. The summed E-state index contributed by atoms with van der Waals surface area (Å²) < 4.78 is 10.8. The molecule has 1 heterocycles. The van der Waals surface area contributed by atoms with Gasteiger partial charge in [0, 0.05) is 32.4 Å². The molecule has 0 aliphatic rings. The van der Waals surface area contributed by atoms with Crippen molar-refractivity contribution in [3.8, 4) is 5.88 Å². The van der Waals surface area contributed by atoms with Crippen molar-refractivity contribution in [2.45, 2.75) is 72.3 Å². The van der Waals surface area contributed by atoms with E-state index >= 15 is 0 Å². The van der Waals surface area contributed by atoms with E-state index in [2.05, 4.69) is 25.9 Å². The van der Waals surface area contributed by atoms with E-state index in [9.17, 15) is 4.79 Å². The summed E-state index contributed by atoms with van der Waals surface area (Å²) in [4.78, 5) is 20.5. The quantitative estimate of drug-likeness (QED) is 0.487. The van der Waals surface area contributed by atoms with Crippen LogP contribution in [-0.2, 0) is 11.3 Å². The number of carbonyl (C=O) groups excluding carboxylic acids is 1. The highest BCUT2D eigenvalue weighted by Crippen LogP contribution is 2.10. The lowest BCUT2D eigenvalue weighted by Gasteiger charge is -2.29. The second-order valence-electron chi connectivity index (χ2n) is 8.46. The second kappa shape index (κ2) is 10.1. The average Bonchev–Trinajstić information content (AvgIpc) is 2.53. The monoisotopic (exact) mass is 393 g/mol. The summed E-state index contributed by atoms with van der Waals surface area (Å²) in [6.45, 7) is 14.3. The minimum absolute atomic E-state index is 0.0946. The molecule has 0 aliphatic heterocycles. The van der Waals surface area contributed by atoms with Crippen molar-refractivity contribution in [3.63, 3.8) is 0 Å². The molecule has 1 rings (SSSR count). The molecular weight excluding hydrogens is 358 g/mol. The lowest BCUT2D eigenvalue weighted by atomic mass is 10.1. The molecule has 28 heavy (non-hydrogen) atoms. The van der Waals surface area contributed by atoms with Crippen LogP contribution in [0.25, 0.3) is 0 Å². The fourth-order valence-electron chi connectivity index (χ4n) is 2.16. The Labute approximate surface area is 168 Å². The molecule has 1 amide bonds. The number of aliphatic imine (C=N–C) groups is 1. The van der Waals surface area contributed by atoms with Crippen LogP contribution in [0.3, 0.4) is 0 Å². The minimum Gasteiger partial charge on any atom is -0.475 e. The van der Waals surface area contributed by atoms with Crippen molar-refractivity contribution in [2.75, 3.05) is 13.6 Å². The zero-order chi connectivity index (χ0) is 21.4. The van der Waals surface area contributed by atoms with Crippen molar-refractivity contribution < 1.29 is 14.3 Å². The molecule has 0 aliphatic carbocycles.